The summed E-state index contributed by atoms with van der Waals surface area (Å²) >= 11 is 0. The maximum Gasteiger partial charge on any atom is 0.0345 e. The minimum Gasteiger partial charge on any atom is -0.383 e. The Morgan fingerprint density at radius 2 is 2.05 bits per heavy atom. The zero-order valence-corrected chi connectivity index (χ0v) is 12.5. The Morgan fingerprint density at radius 1 is 1.26 bits per heavy atom. The second-order valence-corrected chi connectivity index (χ2v) is 5.87. The standard InChI is InChI=1S/C17H28N2/c1-3-4-8-15(2)18-17-10-7-9-16(13-17)14-19-11-5-6-12-19/h7,9-10,13,15,18H,3-6,8,11-12,14H2,1-2H3. The quantitative estimate of drug-likeness (QED) is 0.787. The van der Waals surface area contributed by atoms with Crippen LogP contribution >= 0.6 is 0 Å². The molecule has 1 heterocycles. The number of unbranched alkanes of at least 4 members (excludes halogenated alkanes) is 1. The van der Waals surface area contributed by atoms with Crippen LogP contribution in [0.5, 0.6) is 0 Å². The molecule has 0 radical (unpaired) electrons. The molecule has 1 saturated heterocycles. The molecular formula is C17H28N2. The molecule has 1 atom stereocenters. The van der Waals surface area contributed by atoms with Gasteiger partial charge in [0.25, 0.3) is 0 Å². The summed E-state index contributed by atoms with van der Waals surface area (Å²) in [6.45, 7) is 8.18. The van der Waals surface area contributed by atoms with Crippen LogP contribution in [0.4, 0.5) is 5.69 Å². The van der Waals surface area contributed by atoms with Crippen molar-refractivity contribution in [2.45, 2.75) is 58.5 Å². The van der Waals surface area contributed by atoms with E-state index in [-0.39, 0.29) is 0 Å². The fourth-order valence-electron chi connectivity index (χ4n) is 2.83. The van der Waals surface area contributed by atoms with Gasteiger partial charge >= 0.3 is 0 Å². The lowest BCUT2D eigenvalue weighted by Gasteiger charge is -2.18. The zero-order valence-electron chi connectivity index (χ0n) is 12.5. The Kier molecular flexibility index (Phi) is 5.71. The van der Waals surface area contributed by atoms with Crippen molar-refractivity contribution in [1.29, 1.82) is 0 Å². The van der Waals surface area contributed by atoms with Gasteiger partial charge in [0.1, 0.15) is 0 Å². The van der Waals surface area contributed by atoms with Gasteiger partial charge in [0.15, 0.2) is 0 Å². The van der Waals surface area contributed by atoms with Crippen LogP contribution < -0.4 is 5.32 Å². The second-order valence-electron chi connectivity index (χ2n) is 5.87. The van der Waals surface area contributed by atoms with E-state index in [0.717, 1.165) is 6.54 Å². The predicted molar refractivity (Wildman–Crippen MR) is 83.6 cm³/mol. The fourth-order valence-corrected chi connectivity index (χ4v) is 2.83. The number of nitrogens with one attached hydrogen (secondary N) is 1. The van der Waals surface area contributed by atoms with Crippen LogP contribution in [0.3, 0.4) is 0 Å². The van der Waals surface area contributed by atoms with Gasteiger partial charge in [-0.2, -0.15) is 0 Å². The lowest BCUT2D eigenvalue weighted by Crippen LogP contribution is -2.19. The van der Waals surface area contributed by atoms with Crippen LogP contribution in [0.1, 0.15) is 51.5 Å². The van der Waals surface area contributed by atoms with E-state index in [1.165, 1.54) is 56.4 Å². The molecule has 1 fully saturated rings. The minimum atomic E-state index is 0.571. The topological polar surface area (TPSA) is 15.3 Å². The maximum absolute atomic E-state index is 3.62. The predicted octanol–water partition coefficient (Wildman–Crippen LogP) is 4.27. The first-order valence-corrected chi connectivity index (χ1v) is 7.85. The number of anilines is 1. The molecule has 1 unspecified atom stereocenters. The van der Waals surface area contributed by atoms with Crippen molar-refractivity contribution in [3.63, 3.8) is 0 Å². The van der Waals surface area contributed by atoms with Crippen LogP contribution in [-0.2, 0) is 6.54 Å². The third-order valence-electron chi connectivity index (χ3n) is 3.94. The Balaban J connectivity index is 1.87. The van der Waals surface area contributed by atoms with Gasteiger partial charge < -0.3 is 5.32 Å². The van der Waals surface area contributed by atoms with Crippen molar-refractivity contribution in [3.8, 4) is 0 Å². The van der Waals surface area contributed by atoms with Crippen molar-refractivity contribution in [1.82, 2.24) is 4.90 Å². The molecule has 2 heteroatoms. The van der Waals surface area contributed by atoms with Gasteiger partial charge in [-0.25, -0.2) is 0 Å². The summed E-state index contributed by atoms with van der Waals surface area (Å²) in [4.78, 5) is 2.56. The van der Waals surface area contributed by atoms with Crippen molar-refractivity contribution in [2.75, 3.05) is 18.4 Å². The van der Waals surface area contributed by atoms with Gasteiger partial charge in [0.2, 0.25) is 0 Å². The summed E-state index contributed by atoms with van der Waals surface area (Å²) in [7, 11) is 0. The number of hydrogen-bond acceptors (Lipinski definition) is 2. The van der Waals surface area contributed by atoms with Crippen molar-refractivity contribution >= 4 is 5.69 Å². The highest BCUT2D eigenvalue weighted by Gasteiger charge is 2.11. The summed E-state index contributed by atoms with van der Waals surface area (Å²) in [5.41, 5.74) is 2.72. The van der Waals surface area contributed by atoms with Gasteiger partial charge in [0, 0.05) is 18.3 Å². The van der Waals surface area contributed by atoms with Gasteiger partial charge in [-0.3, -0.25) is 4.90 Å². The van der Waals surface area contributed by atoms with Crippen molar-refractivity contribution in [3.05, 3.63) is 29.8 Å². The molecule has 1 aromatic carbocycles. The van der Waals surface area contributed by atoms with E-state index >= 15 is 0 Å². The molecular weight excluding hydrogens is 232 g/mol. The third kappa shape index (κ3) is 4.87. The molecule has 19 heavy (non-hydrogen) atoms. The molecule has 1 N–H and O–H groups in total. The molecule has 2 rings (SSSR count). The zero-order chi connectivity index (χ0) is 13.5. The van der Waals surface area contributed by atoms with E-state index in [9.17, 15) is 0 Å². The molecule has 1 aromatic rings. The van der Waals surface area contributed by atoms with Crippen molar-refractivity contribution < 1.29 is 0 Å². The Bertz CT molecular complexity index is 369. The Hall–Kier alpha value is -1.02. The lowest BCUT2D eigenvalue weighted by molar-refractivity contribution is 0.331. The molecule has 0 saturated carbocycles. The maximum atomic E-state index is 3.62. The summed E-state index contributed by atoms with van der Waals surface area (Å²) in [6.07, 6.45) is 6.58. The molecule has 2 nitrogen and oxygen atoms in total. The highest BCUT2D eigenvalue weighted by molar-refractivity contribution is 5.46. The van der Waals surface area contributed by atoms with E-state index in [1.54, 1.807) is 0 Å². The number of rotatable bonds is 7. The molecule has 1 aliphatic rings. The third-order valence-corrected chi connectivity index (χ3v) is 3.94. The monoisotopic (exact) mass is 260 g/mol. The van der Waals surface area contributed by atoms with E-state index in [2.05, 4.69) is 48.3 Å². The summed E-state index contributed by atoms with van der Waals surface area (Å²) < 4.78 is 0. The smallest absolute Gasteiger partial charge is 0.0345 e. The normalized spacial score (nSPS) is 17.6. The average molecular weight is 260 g/mol. The first-order chi connectivity index (χ1) is 9.28. The van der Waals surface area contributed by atoms with Crippen LogP contribution in [0.2, 0.25) is 0 Å². The first-order valence-electron chi connectivity index (χ1n) is 7.85. The molecule has 0 bridgehead atoms. The van der Waals surface area contributed by atoms with Gasteiger partial charge in [0.05, 0.1) is 0 Å². The van der Waals surface area contributed by atoms with Crippen LogP contribution in [0, 0.1) is 0 Å². The number of hydrogen-bond donors (Lipinski definition) is 1. The first kappa shape index (κ1) is 14.4. The van der Waals surface area contributed by atoms with Gasteiger partial charge in [-0.05, 0) is 57.0 Å². The molecule has 0 amide bonds. The van der Waals surface area contributed by atoms with E-state index < -0.39 is 0 Å². The van der Waals surface area contributed by atoms with E-state index in [4.69, 9.17) is 0 Å². The van der Waals surface area contributed by atoms with E-state index in [1.807, 2.05) is 0 Å². The number of benzene rings is 1. The lowest BCUT2D eigenvalue weighted by atomic mass is 10.1. The van der Waals surface area contributed by atoms with Crippen LogP contribution in [-0.4, -0.2) is 24.0 Å². The van der Waals surface area contributed by atoms with Gasteiger partial charge in [-0.15, -0.1) is 0 Å². The SMILES string of the molecule is CCCCC(C)Nc1cccc(CN2CCCC2)c1. The summed E-state index contributed by atoms with van der Waals surface area (Å²) in [6, 6.07) is 9.51. The largest absolute Gasteiger partial charge is 0.383 e. The molecule has 0 spiro atoms. The molecule has 0 aromatic heterocycles. The van der Waals surface area contributed by atoms with Crippen molar-refractivity contribution in [2.24, 2.45) is 0 Å². The number of nitrogens with zero attached hydrogens (tertiary/aromatic N) is 1. The highest BCUT2D eigenvalue weighted by atomic mass is 15.1. The van der Waals surface area contributed by atoms with Crippen LogP contribution in [0.15, 0.2) is 24.3 Å². The molecule has 1 aliphatic heterocycles. The minimum absolute atomic E-state index is 0.571. The Morgan fingerprint density at radius 3 is 2.79 bits per heavy atom. The summed E-state index contributed by atoms with van der Waals surface area (Å²) in [5, 5.41) is 3.62. The fraction of sp³-hybridized carbons (Fsp3) is 0.647. The molecule has 106 valence electrons. The van der Waals surface area contributed by atoms with Gasteiger partial charge in [-0.1, -0.05) is 31.9 Å². The Labute approximate surface area is 118 Å². The average Bonchev–Trinajstić information content (AvgIpc) is 2.89. The van der Waals surface area contributed by atoms with E-state index in [0.29, 0.717) is 6.04 Å². The second kappa shape index (κ2) is 7.54. The molecule has 0 aliphatic carbocycles. The van der Waals surface area contributed by atoms with Crippen LogP contribution in [0.25, 0.3) is 0 Å². The summed E-state index contributed by atoms with van der Waals surface area (Å²) in [5.74, 6) is 0. The number of likely N-dealkylation sites (tertiary alicyclic amines) is 1. The highest BCUT2D eigenvalue weighted by Crippen LogP contribution is 2.17.